The predicted molar refractivity (Wildman–Crippen MR) is 100 cm³/mol. The summed E-state index contributed by atoms with van der Waals surface area (Å²) >= 11 is 0. The fourth-order valence-electron chi connectivity index (χ4n) is 2.66. The molecule has 0 radical (unpaired) electrons. The number of aromatic hydroxyl groups is 1. The molecular weight excluding hydrogens is 344 g/mol. The van der Waals surface area contributed by atoms with E-state index in [0.717, 1.165) is 24.0 Å². The smallest absolute Gasteiger partial charge is 0.315 e. The fraction of sp³-hybridized carbons (Fsp3) is 0.263. The Labute approximate surface area is 157 Å². The van der Waals surface area contributed by atoms with E-state index in [-0.39, 0.29) is 17.8 Å². The molecule has 0 aliphatic heterocycles. The van der Waals surface area contributed by atoms with Crippen molar-refractivity contribution >= 4 is 6.03 Å². The fourth-order valence-corrected chi connectivity index (χ4v) is 2.66. The minimum atomic E-state index is -0.235. The molecule has 0 bridgehead atoms. The Morgan fingerprint density at radius 3 is 2.81 bits per heavy atom. The molecule has 2 amide bonds. The van der Waals surface area contributed by atoms with Gasteiger partial charge in [0, 0.05) is 24.3 Å². The molecule has 2 heterocycles. The molecule has 1 unspecified atom stereocenters. The summed E-state index contributed by atoms with van der Waals surface area (Å²) in [6.45, 7) is 2.30. The topological polar surface area (TPSA) is 105 Å². The Morgan fingerprint density at radius 2 is 2.07 bits per heavy atom. The average molecular weight is 366 g/mol. The quantitative estimate of drug-likeness (QED) is 0.594. The Balaban J connectivity index is 1.48. The molecule has 8 heteroatoms. The Bertz CT molecular complexity index is 864. The molecule has 8 nitrogen and oxygen atoms in total. The van der Waals surface area contributed by atoms with Gasteiger partial charge in [-0.1, -0.05) is 18.2 Å². The number of amides is 2. The third-order valence-corrected chi connectivity index (χ3v) is 4.12. The van der Waals surface area contributed by atoms with Crippen LogP contribution in [0.5, 0.6) is 5.75 Å². The van der Waals surface area contributed by atoms with Gasteiger partial charge >= 0.3 is 6.03 Å². The van der Waals surface area contributed by atoms with E-state index in [1.807, 2.05) is 31.2 Å². The molecule has 1 aromatic carbocycles. The molecule has 0 fully saturated rings. The first-order valence-corrected chi connectivity index (χ1v) is 8.73. The first-order chi connectivity index (χ1) is 13.1. The van der Waals surface area contributed by atoms with E-state index < -0.39 is 0 Å². The van der Waals surface area contributed by atoms with E-state index in [1.54, 1.807) is 29.3 Å². The van der Waals surface area contributed by atoms with Gasteiger partial charge in [-0.05, 0) is 43.5 Å². The number of aryl methyl sites for hydroxylation is 1. The van der Waals surface area contributed by atoms with E-state index in [0.29, 0.717) is 12.4 Å². The van der Waals surface area contributed by atoms with Crippen LogP contribution in [-0.4, -0.2) is 36.9 Å². The molecule has 0 saturated carbocycles. The first kappa shape index (κ1) is 18.4. The monoisotopic (exact) mass is 366 g/mol. The second-order valence-electron chi connectivity index (χ2n) is 6.26. The minimum absolute atomic E-state index is 0.0162. The van der Waals surface area contributed by atoms with Crippen LogP contribution < -0.4 is 10.6 Å². The zero-order valence-corrected chi connectivity index (χ0v) is 15.0. The van der Waals surface area contributed by atoms with Gasteiger partial charge in [-0.3, -0.25) is 0 Å². The number of aromatic nitrogens is 4. The number of hydrogen-bond acceptors (Lipinski definition) is 5. The lowest BCUT2D eigenvalue weighted by Crippen LogP contribution is -2.40. The lowest BCUT2D eigenvalue weighted by molar-refractivity contribution is 0.237. The molecule has 0 aliphatic carbocycles. The number of pyridine rings is 1. The maximum atomic E-state index is 12.2. The van der Waals surface area contributed by atoms with Crippen LogP contribution in [0.15, 0.2) is 55.2 Å². The van der Waals surface area contributed by atoms with Crippen molar-refractivity contribution in [2.75, 3.05) is 0 Å². The predicted octanol–water partition coefficient (Wildman–Crippen LogP) is 2.19. The van der Waals surface area contributed by atoms with Gasteiger partial charge in [-0.15, -0.1) is 0 Å². The molecule has 3 aromatic rings. The highest BCUT2D eigenvalue weighted by Crippen LogP contribution is 2.12. The van der Waals surface area contributed by atoms with Crippen LogP contribution in [0.4, 0.5) is 4.79 Å². The first-order valence-electron chi connectivity index (χ1n) is 8.73. The van der Waals surface area contributed by atoms with Gasteiger partial charge in [0.1, 0.15) is 18.4 Å². The largest absolute Gasteiger partial charge is 0.508 e. The Morgan fingerprint density at radius 1 is 1.26 bits per heavy atom. The minimum Gasteiger partial charge on any atom is -0.508 e. The van der Waals surface area contributed by atoms with E-state index >= 15 is 0 Å². The number of nitrogens with zero attached hydrogens (tertiary/aromatic N) is 4. The SMILES string of the molecule is CC(CCc1ccc(O)cc1)NC(=O)NCc1cccnc1-n1cncn1. The highest BCUT2D eigenvalue weighted by Gasteiger charge is 2.10. The molecule has 0 spiro atoms. The summed E-state index contributed by atoms with van der Waals surface area (Å²) in [5, 5.41) is 19.2. The van der Waals surface area contributed by atoms with Crippen LogP contribution in [0, 0.1) is 0 Å². The third-order valence-electron chi connectivity index (χ3n) is 4.12. The summed E-state index contributed by atoms with van der Waals surface area (Å²) in [7, 11) is 0. The number of carbonyl (C=O) groups is 1. The summed E-state index contributed by atoms with van der Waals surface area (Å²) in [5.41, 5.74) is 1.96. The number of hydrogen-bond donors (Lipinski definition) is 3. The van der Waals surface area contributed by atoms with Crippen LogP contribution in [-0.2, 0) is 13.0 Å². The highest BCUT2D eigenvalue weighted by molar-refractivity contribution is 5.74. The molecule has 3 N–H and O–H groups in total. The zero-order valence-electron chi connectivity index (χ0n) is 15.0. The highest BCUT2D eigenvalue weighted by atomic mass is 16.3. The standard InChI is InChI=1S/C19H22N6O2/c1-14(4-5-15-6-8-17(26)9-7-15)24-19(27)22-11-16-3-2-10-21-18(16)25-13-20-12-23-25/h2-3,6-10,12-14,26H,4-5,11H2,1H3,(H2,22,24,27). The lowest BCUT2D eigenvalue weighted by Gasteiger charge is -2.15. The number of carbonyl (C=O) groups excluding carboxylic acids is 1. The second-order valence-corrected chi connectivity index (χ2v) is 6.26. The summed E-state index contributed by atoms with van der Waals surface area (Å²) in [6.07, 6.45) is 6.30. The van der Waals surface area contributed by atoms with Crippen LogP contribution in [0.2, 0.25) is 0 Å². The van der Waals surface area contributed by atoms with Crippen LogP contribution in [0.25, 0.3) is 5.82 Å². The van der Waals surface area contributed by atoms with Crippen molar-refractivity contribution in [1.82, 2.24) is 30.4 Å². The van der Waals surface area contributed by atoms with Crippen molar-refractivity contribution in [2.45, 2.75) is 32.4 Å². The molecule has 140 valence electrons. The molecule has 3 rings (SSSR count). The maximum absolute atomic E-state index is 12.2. The summed E-state index contributed by atoms with van der Waals surface area (Å²) < 4.78 is 1.56. The molecule has 2 aromatic heterocycles. The number of rotatable bonds is 7. The number of urea groups is 1. The van der Waals surface area contributed by atoms with Gasteiger partial charge in [0.25, 0.3) is 0 Å². The van der Waals surface area contributed by atoms with Gasteiger partial charge in [0.05, 0.1) is 0 Å². The molecule has 0 aliphatic rings. The van der Waals surface area contributed by atoms with Crippen molar-refractivity contribution in [2.24, 2.45) is 0 Å². The molecular formula is C19H22N6O2. The average Bonchev–Trinajstić information content (AvgIpc) is 3.21. The zero-order chi connectivity index (χ0) is 19.1. The summed E-state index contributed by atoms with van der Waals surface area (Å²) in [6, 6.07) is 10.6. The van der Waals surface area contributed by atoms with E-state index in [4.69, 9.17) is 0 Å². The van der Waals surface area contributed by atoms with Crippen LogP contribution >= 0.6 is 0 Å². The van der Waals surface area contributed by atoms with Crippen molar-refractivity contribution < 1.29 is 9.90 Å². The third kappa shape index (κ3) is 5.27. The number of benzene rings is 1. The summed E-state index contributed by atoms with van der Waals surface area (Å²) in [5.74, 6) is 0.889. The van der Waals surface area contributed by atoms with Gasteiger partial charge in [-0.2, -0.15) is 5.10 Å². The van der Waals surface area contributed by atoms with E-state index in [9.17, 15) is 9.90 Å². The van der Waals surface area contributed by atoms with Crippen LogP contribution in [0.1, 0.15) is 24.5 Å². The number of phenols is 1. The van der Waals surface area contributed by atoms with Gasteiger partial charge in [0.2, 0.25) is 0 Å². The molecule has 0 saturated heterocycles. The van der Waals surface area contributed by atoms with E-state index in [1.165, 1.54) is 6.33 Å². The maximum Gasteiger partial charge on any atom is 0.315 e. The van der Waals surface area contributed by atoms with Gasteiger partial charge < -0.3 is 15.7 Å². The number of phenolic OH excluding ortho intramolecular Hbond substituents is 1. The van der Waals surface area contributed by atoms with Gasteiger partial charge in [0.15, 0.2) is 5.82 Å². The summed E-state index contributed by atoms with van der Waals surface area (Å²) in [4.78, 5) is 20.4. The van der Waals surface area contributed by atoms with Crippen molar-refractivity contribution in [3.8, 4) is 11.6 Å². The van der Waals surface area contributed by atoms with Crippen molar-refractivity contribution in [3.05, 3.63) is 66.4 Å². The Hall–Kier alpha value is -3.42. The second kappa shape index (κ2) is 8.79. The Kier molecular flexibility index (Phi) is 5.98. The van der Waals surface area contributed by atoms with Crippen molar-refractivity contribution in [3.63, 3.8) is 0 Å². The lowest BCUT2D eigenvalue weighted by atomic mass is 10.1. The van der Waals surface area contributed by atoms with Gasteiger partial charge in [-0.25, -0.2) is 19.4 Å². The molecule has 27 heavy (non-hydrogen) atoms. The van der Waals surface area contributed by atoms with Crippen LogP contribution in [0.3, 0.4) is 0 Å². The van der Waals surface area contributed by atoms with E-state index in [2.05, 4.69) is 25.7 Å². The normalized spacial score (nSPS) is 11.7. The number of nitrogens with one attached hydrogen (secondary N) is 2. The molecule has 1 atom stereocenters. The van der Waals surface area contributed by atoms with Crippen molar-refractivity contribution in [1.29, 1.82) is 0 Å².